The van der Waals surface area contributed by atoms with E-state index in [1.807, 2.05) is 17.5 Å². The summed E-state index contributed by atoms with van der Waals surface area (Å²) < 4.78 is 5.72. The van der Waals surface area contributed by atoms with Gasteiger partial charge in [0.15, 0.2) is 0 Å². The van der Waals surface area contributed by atoms with Crippen molar-refractivity contribution in [1.82, 2.24) is 4.90 Å². The van der Waals surface area contributed by atoms with E-state index in [4.69, 9.17) is 4.42 Å². The summed E-state index contributed by atoms with van der Waals surface area (Å²) in [4.78, 5) is 26.8. The summed E-state index contributed by atoms with van der Waals surface area (Å²) in [7, 11) is 0. The Morgan fingerprint density at radius 3 is 2.87 bits per heavy atom. The predicted octanol–water partition coefficient (Wildman–Crippen LogP) is 3.64. The average molecular weight is 333 g/mol. The Morgan fingerprint density at radius 2 is 2.22 bits per heavy atom. The monoisotopic (exact) mass is 333 g/mol. The summed E-state index contributed by atoms with van der Waals surface area (Å²) in [6.07, 6.45) is 1.29. The standard InChI is InChI=1S/C17H19NO4S/c1-11-12(9-13(22-11)14-5-3-8-23-14)15(19)18-7-4-6-17(2,10-18)16(20)21/h3,5,8-9H,4,6-7,10H2,1-2H3,(H,20,21). The molecule has 3 heterocycles. The van der Waals surface area contributed by atoms with Gasteiger partial charge in [0.2, 0.25) is 0 Å². The molecule has 1 unspecified atom stereocenters. The molecule has 1 aliphatic rings. The van der Waals surface area contributed by atoms with Crippen LogP contribution in [0.3, 0.4) is 0 Å². The first-order valence-electron chi connectivity index (χ1n) is 7.58. The Hall–Kier alpha value is -2.08. The van der Waals surface area contributed by atoms with E-state index in [-0.39, 0.29) is 12.5 Å². The first kappa shape index (κ1) is 15.8. The van der Waals surface area contributed by atoms with Crippen LogP contribution in [0.2, 0.25) is 0 Å². The summed E-state index contributed by atoms with van der Waals surface area (Å²) in [6.45, 7) is 4.29. The van der Waals surface area contributed by atoms with E-state index < -0.39 is 11.4 Å². The number of furan rings is 1. The van der Waals surface area contributed by atoms with Crippen LogP contribution in [0.4, 0.5) is 0 Å². The SMILES string of the molecule is Cc1oc(-c2cccs2)cc1C(=O)N1CCCC(C)(C(=O)O)C1. The summed E-state index contributed by atoms with van der Waals surface area (Å²) in [6, 6.07) is 5.64. The van der Waals surface area contributed by atoms with Gasteiger partial charge in [0.05, 0.1) is 15.9 Å². The van der Waals surface area contributed by atoms with Crippen LogP contribution in [0.15, 0.2) is 28.0 Å². The van der Waals surface area contributed by atoms with Gasteiger partial charge in [0.25, 0.3) is 5.91 Å². The van der Waals surface area contributed by atoms with Gasteiger partial charge < -0.3 is 14.4 Å². The lowest BCUT2D eigenvalue weighted by Gasteiger charge is -2.37. The highest BCUT2D eigenvalue weighted by Crippen LogP contribution is 2.33. The summed E-state index contributed by atoms with van der Waals surface area (Å²) in [5.41, 5.74) is -0.356. The molecule has 2 aromatic heterocycles. The van der Waals surface area contributed by atoms with E-state index in [1.165, 1.54) is 0 Å². The fourth-order valence-corrected chi connectivity index (χ4v) is 3.67. The number of aryl methyl sites for hydroxylation is 1. The quantitative estimate of drug-likeness (QED) is 0.931. The van der Waals surface area contributed by atoms with Crippen LogP contribution in [-0.4, -0.2) is 35.0 Å². The minimum atomic E-state index is -0.873. The minimum Gasteiger partial charge on any atom is -0.481 e. The molecule has 0 bridgehead atoms. The van der Waals surface area contributed by atoms with E-state index in [0.29, 0.717) is 36.5 Å². The number of carboxylic acid groups (broad SMARTS) is 1. The molecular formula is C17H19NO4S. The maximum atomic E-state index is 12.8. The average Bonchev–Trinajstić information content (AvgIpc) is 3.15. The van der Waals surface area contributed by atoms with E-state index in [1.54, 1.807) is 36.2 Å². The van der Waals surface area contributed by atoms with Crippen LogP contribution in [0.5, 0.6) is 0 Å². The molecule has 0 spiro atoms. The lowest BCUT2D eigenvalue weighted by molar-refractivity contribution is -0.150. The second-order valence-corrected chi connectivity index (χ2v) is 7.20. The van der Waals surface area contributed by atoms with Gasteiger partial charge in [-0.3, -0.25) is 9.59 Å². The Kier molecular flexibility index (Phi) is 4.02. The number of thiophene rings is 1. The Balaban J connectivity index is 1.85. The molecular weight excluding hydrogens is 314 g/mol. The van der Waals surface area contributed by atoms with Gasteiger partial charge in [-0.25, -0.2) is 0 Å². The first-order valence-corrected chi connectivity index (χ1v) is 8.46. The molecule has 0 radical (unpaired) electrons. The zero-order valence-electron chi connectivity index (χ0n) is 13.2. The Bertz CT molecular complexity index is 734. The number of carbonyl (C=O) groups excluding carboxylic acids is 1. The van der Waals surface area contributed by atoms with Gasteiger partial charge >= 0.3 is 5.97 Å². The zero-order chi connectivity index (χ0) is 16.6. The molecule has 1 atom stereocenters. The molecule has 3 rings (SSSR count). The largest absolute Gasteiger partial charge is 0.481 e. The number of likely N-dealkylation sites (tertiary alicyclic amines) is 1. The van der Waals surface area contributed by atoms with E-state index >= 15 is 0 Å². The molecule has 0 saturated carbocycles. The van der Waals surface area contributed by atoms with Crippen LogP contribution >= 0.6 is 11.3 Å². The first-order chi connectivity index (χ1) is 10.9. The molecule has 1 amide bonds. The second kappa shape index (κ2) is 5.85. The minimum absolute atomic E-state index is 0.152. The smallest absolute Gasteiger partial charge is 0.311 e. The normalized spacial score (nSPS) is 21.4. The van der Waals surface area contributed by atoms with Crippen molar-refractivity contribution in [3.8, 4) is 10.6 Å². The van der Waals surface area contributed by atoms with Gasteiger partial charge in [-0.1, -0.05) is 6.07 Å². The molecule has 1 aliphatic heterocycles. The number of hydrogen-bond donors (Lipinski definition) is 1. The maximum absolute atomic E-state index is 12.8. The number of aliphatic carboxylic acids is 1. The summed E-state index contributed by atoms with van der Waals surface area (Å²) in [5, 5.41) is 11.4. The highest BCUT2D eigenvalue weighted by Gasteiger charge is 2.40. The number of amides is 1. The van der Waals surface area contributed by atoms with Crippen molar-refractivity contribution in [3.05, 3.63) is 34.9 Å². The molecule has 122 valence electrons. The maximum Gasteiger partial charge on any atom is 0.311 e. The van der Waals surface area contributed by atoms with Crippen molar-refractivity contribution >= 4 is 23.2 Å². The lowest BCUT2D eigenvalue weighted by Crippen LogP contribution is -2.48. The molecule has 5 nitrogen and oxygen atoms in total. The second-order valence-electron chi connectivity index (χ2n) is 6.25. The van der Waals surface area contributed by atoms with Crippen molar-refractivity contribution in [2.75, 3.05) is 13.1 Å². The van der Waals surface area contributed by atoms with Crippen molar-refractivity contribution in [1.29, 1.82) is 0 Å². The van der Waals surface area contributed by atoms with Gasteiger partial charge in [0.1, 0.15) is 11.5 Å². The number of nitrogens with zero attached hydrogens (tertiary/aromatic N) is 1. The number of carbonyl (C=O) groups is 2. The van der Waals surface area contributed by atoms with Gasteiger partial charge in [-0.15, -0.1) is 11.3 Å². The number of hydrogen-bond acceptors (Lipinski definition) is 4. The molecule has 23 heavy (non-hydrogen) atoms. The highest BCUT2D eigenvalue weighted by atomic mass is 32.1. The molecule has 1 fully saturated rings. The van der Waals surface area contributed by atoms with Gasteiger partial charge in [-0.05, 0) is 44.2 Å². The molecule has 0 aromatic carbocycles. The lowest BCUT2D eigenvalue weighted by atomic mass is 9.82. The molecule has 6 heteroatoms. The summed E-state index contributed by atoms with van der Waals surface area (Å²) >= 11 is 1.55. The molecule has 2 aromatic rings. The van der Waals surface area contributed by atoms with E-state index in [9.17, 15) is 14.7 Å². The fraction of sp³-hybridized carbons (Fsp3) is 0.412. The topological polar surface area (TPSA) is 70.8 Å². The Morgan fingerprint density at radius 1 is 1.43 bits per heavy atom. The number of rotatable bonds is 3. The summed E-state index contributed by atoms with van der Waals surface area (Å²) in [5.74, 6) is 0.249. The van der Waals surface area contributed by atoms with Crippen molar-refractivity contribution < 1.29 is 19.1 Å². The zero-order valence-corrected chi connectivity index (χ0v) is 14.0. The van der Waals surface area contributed by atoms with Crippen molar-refractivity contribution in [2.45, 2.75) is 26.7 Å². The van der Waals surface area contributed by atoms with Crippen LogP contribution in [-0.2, 0) is 4.79 Å². The van der Waals surface area contributed by atoms with E-state index in [0.717, 1.165) is 4.88 Å². The third kappa shape index (κ3) is 2.91. The van der Waals surface area contributed by atoms with Crippen LogP contribution in [0, 0.1) is 12.3 Å². The molecule has 1 saturated heterocycles. The predicted molar refractivity (Wildman–Crippen MR) is 87.6 cm³/mol. The van der Waals surface area contributed by atoms with Crippen LogP contribution in [0.25, 0.3) is 10.6 Å². The third-order valence-electron chi connectivity index (χ3n) is 4.41. The highest BCUT2D eigenvalue weighted by molar-refractivity contribution is 7.13. The van der Waals surface area contributed by atoms with Crippen LogP contribution in [0.1, 0.15) is 35.9 Å². The van der Waals surface area contributed by atoms with Crippen LogP contribution < -0.4 is 0 Å². The van der Waals surface area contributed by atoms with Gasteiger partial charge in [-0.2, -0.15) is 0 Å². The molecule has 1 N–H and O–H groups in total. The van der Waals surface area contributed by atoms with Gasteiger partial charge in [0, 0.05) is 13.1 Å². The number of piperidine rings is 1. The third-order valence-corrected chi connectivity index (χ3v) is 5.30. The van der Waals surface area contributed by atoms with Crippen molar-refractivity contribution in [3.63, 3.8) is 0 Å². The fourth-order valence-electron chi connectivity index (χ4n) is 2.99. The van der Waals surface area contributed by atoms with Crippen molar-refractivity contribution in [2.24, 2.45) is 5.41 Å². The molecule has 0 aliphatic carbocycles. The number of carboxylic acids is 1. The Labute approximate surface area is 138 Å². The van der Waals surface area contributed by atoms with E-state index in [2.05, 4.69) is 0 Å².